The Kier molecular flexibility index (Phi) is 13.5. The van der Waals surface area contributed by atoms with Gasteiger partial charge < -0.3 is 57.8 Å². The number of para-hydroxylation sites is 1. The highest BCUT2D eigenvalue weighted by molar-refractivity contribution is 9.10. The number of halogens is 2. The molecule has 0 N–H and O–H groups in total. The van der Waals surface area contributed by atoms with Gasteiger partial charge in [0.15, 0.2) is 63.7 Å². The highest BCUT2D eigenvalue weighted by Crippen LogP contribution is 2.72. The minimum atomic E-state index is -1.17. The van der Waals surface area contributed by atoms with Gasteiger partial charge in [0.25, 0.3) is 35.4 Å². The van der Waals surface area contributed by atoms with E-state index in [0.717, 1.165) is 14.4 Å². The van der Waals surface area contributed by atoms with E-state index in [9.17, 15) is 44.6 Å². The van der Waals surface area contributed by atoms with Gasteiger partial charge in [-0.25, -0.2) is 0 Å². The molecule has 13 heterocycles. The maximum Gasteiger partial charge on any atom is 0.261 e. The van der Waals surface area contributed by atoms with Crippen LogP contribution >= 0.6 is 53.4 Å². The van der Waals surface area contributed by atoms with Crippen LogP contribution in [0.1, 0.15) is 103 Å². The van der Waals surface area contributed by atoms with E-state index in [2.05, 4.69) is 50.1 Å². The molecule has 30 heteroatoms. The molecule has 14 atom stereocenters. The van der Waals surface area contributed by atoms with Crippen molar-refractivity contribution in [2.75, 3.05) is 41.5 Å². The topological polar surface area (TPSA) is 249 Å². The van der Waals surface area contributed by atoms with Gasteiger partial charge in [-0.3, -0.25) is 28.8 Å². The number of ether oxygens (including phenoxy) is 6. The number of piperazine rings is 3. The molecule has 6 bridgehead atoms. The molecule has 13 aliphatic rings. The molecule has 3 spiro atoms. The first-order valence-electron chi connectivity index (χ1n) is 26.1. The van der Waals surface area contributed by atoms with E-state index in [1.54, 1.807) is 88.7 Å². The lowest BCUT2D eigenvalue weighted by molar-refractivity contribution is -0.164. The molecule has 446 valence electrons. The van der Waals surface area contributed by atoms with Crippen molar-refractivity contribution in [2.24, 2.45) is 16.2 Å². The third-order valence-electron chi connectivity index (χ3n) is 19.1. The van der Waals surface area contributed by atoms with Gasteiger partial charge in [0.1, 0.15) is 0 Å². The molecule has 10 saturated heterocycles. The Morgan fingerprint density at radius 3 is 1.55 bits per heavy atom. The van der Waals surface area contributed by atoms with Gasteiger partial charge in [-0.15, -0.1) is 0 Å². The van der Waals surface area contributed by atoms with E-state index in [1.165, 1.54) is 36.3 Å². The summed E-state index contributed by atoms with van der Waals surface area (Å²) in [4.78, 5) is 84.0. The fourth-order valence-corrected chi connectivity index (χ4v) is 29.5. The maximum absolute atomic E-state index is 13.8. The minimum Gasteiger partial charge on any atom is -0.454 e. The summed E-state index contributed by atoms with van der Waals surface area (Å²) in [5.74, 6) is 2.31. The van der Waals surface area contributed by atoms with Crippen LogP contribution in [0.5, 0.6) is 34.5 Å². The molecule has 3 aromatic carbocycles. The molecule has 85 heavy (non-hydrogen) atoms. The molecule has 0 aromatic heterocycles. The van der Waals surface area contributed by atoms with Crippen molar-refractivity contribution in [3.63, 3.8) is 0 Å². The van der Waals surface area contributed by atoms with Gasteiger partial charge in [-0.2, -0.15) is 15.8 Å². The normalized spacial score (nSPS) is 39.0. The third-order valence-corrected chi connectivity index (χ3v) is 34.1. The lowest BCUT2D eigenvalue weighted by atomic mass is 9.79. The van der Waals surface area contributed by atoms with Crippen molar-refractivity contribution in [1.29, 1.82) is 15.8 Å². The van der Waals surface area contributed by atoms with Gasteiger partial charge in [0, 0.05) is 66.0 Å². The zero-order valence-corrected chi connectivity index (χ0v) is 54.9. The molecule has 16 rings (SSSR count). The van der Waals surface area contributed by atoms with E-state index in [-0.39, 0.29) is 82.5 Å². The molecule has 10 fully saturated rings. The van der Waals surface area contributed by atoms with Crippen molar-refractivity contribution >= 4 is 139 Å². The summed E-state index contributed by atoms with van der Waals surface area (Å²) in [5, 5.41) is 30.4. The number of amides is 6. The number of rotatable bonds is 3. The number of nitrogens with zero attached hydrogens (tertiary/aromatic N) is 9. The van der Waals surface area contributed by atoms with E-state index in [4.69, 9.17) is 50.8 Å². The fourth-order valence-electron chi connectivity index (χ4n) is 14.7. The Labute approximate surface area is 531 Å². The largest absolute Gasteiger partial charge is 0.454 e. The summed E-state index contributed by atoms with van der Waals surface area (Å²) in [7, 11) is 7.11. The van der Waals surface area contributed by atoms with Crippen LogP contribution in [-0.4, -0.2) is 136 Å². The van der Waals surface area contributed by atoms with Gasteiger partial charge in [0.05, 0.1) is 52.6 Å². The highest BCUT2D eigenvalue weighted by atomic mass is 79.9. The fraction of sp³-hybridized carbons (Fsp3) is 0.509. The average Bonchev–Trinajstić information content (AvgIpc) is 1.51. The first-order valence-corrected chi connectivity index (χ1v) is 35.5. The molecule has 13 aliphatic heterocycles. The Balaban J connectivity index is 0.000000124. The number of benzene rings is 3. The van der Waals surface area contributed by atoms with Crippen LogP contribution in [0.2, 0.25) is 0 Å². The van der Waals surface area contributed by atoms with Crippen molar-refractivity contribution in [3.05, 3.63) is 68.1 Å². The summed E-state index contributed by atoms with van der Waals surface area (Å²) >= 11 is 18.3. The summed E-state index contributed by atoms with van der Waals surface area (Å²) in [6.07, 6.45) is 0.707. The zero-order valence-electron chi connectivity index (χ0n) is 46.1. The van der Waals surface area contributed by atoms with E-state index < -0.39 is 82.5 Å². The Hall–Kier alpha value is -5.23. The van der Waals surface area contributed by atoms with Crippen LogP contribution in [0.4, 0.5) is 0 Å². The Morgan fingerprint density at radius 1 is 0.565 bits per heavy atom. The van der Waals surface area contributed by atoms with Crippen molar-refractivity contribution in [2.45, 2.75) is 116 Å². The predicted molar refractivity (Wildman–Crippen MR) is 327 cm³/mol. The molecule has 6 amide bonds. The standard InChI is InChI=1S/C18H16BrN3O4S3.C18H16BrN3O4S2.C18H17N3O4S2.CH4/c1-16(7-20)6-18-15(24)21(3)17(2,29(18)28-27)14(23)22(18)13(16)11-9(19)4-5-10-12(11)26-8-25-10;1-16(7-20)6-18-15(24)21(3)17(2,28(18)27)14(23)22(18)13(16)11-9(19)4-5-10-12(11)26-8-25-10;1-16(8-19)7-18-15(23)20(3)17(2,26-27-18)14(22)21(18)13(16)10-5-4-6-11-12(10)25-9-24-11;/h4-5,13H,6,8H2,1-3H3;4-5,13H,6,8H2,1-3H3;4-6,13H,7,9H2,1-3H3;1H4/t;;13-,16+,17?,18?;/m..0./s1. The van der Waals surface area contributed by atoms with Crippen LogP contribution < -0.4 is 28.4 Å². The molecular weight excluding hydrogens is 1360 g/mol. The number of likely N-dealkylation sites (N-methyl/N-ethyl adjacent to an activating group) is 3. The van der Waals surface area contributed by atoms with E-state index in [0.29, 0.717) is 54.6 Å². The smallest absolute Gasteiger partial charge is 0.261 e. The Bertz CT molecular complexity index is 3920. The number of fused-ring (bicyclic) bond motifs is 7. The van der Waals surface area contributed by atoms with Crippen LogP contribution in [-0.2, 0) is 78.9 Å². The predicted octanol–water partition coefficient (Wildman–Crippen LogP) is 7.05. The van der Waals surface area contributed by atoms with Gasteiger partial charge in [-0.1, -0.05) is 82.5 Å². The van der Waals surface area contributed by atoms with E-state index >= 15 is 0 Å². The second-order valence-corrected chi connectivity index (χ2v) is 35.8. The van der Waals surface area contributed by atoms with Gasteiger partial charge in [0.2, 0.25) is 20.4 Å². The second kappa shape index (κ2) is 19.1. The van der Waals surface area contributed by atoms with Gasteiger partial charge in [-0.05, 0) is 113 Å². The summed E-state index contributed by atoms with van der Waals surface area (Å²) in [6, 6.07) is 17.9. The Morgan fingerprint density at radius 2 is 1.02 bits per heavy atom. The molecule has 12 unspecified atom stereocenters. The van der Waals surface area contributed by atoms with E-state index in [1.807, 2.05) is 31.2 Å². The van der Waals surface area contributed by atoms with Crippen LogP contribution in [0.15, 0.2) is 51.4 Å². The number of carbonyl (C=O) groups is 6. The van der Waals surface area contributed by atoms with Crippen molar-refractivity contribution in [1.82, 2.24) is 29.4 Å². The number of hydrogen-bond acceptors (Lipinski definition) is 19. The molecule has 21 nitrogen and oxygen atoms in total. The lowest BCUT2D eigenvalue weighted by Gasteiger charge is -2.57. The molecular formula is C55H53Br2N9O12S7. The summed E-state index contributed by atoms with van der Waals surface area (Å²) in [5.41, 5.74) is -0.905. The first kappa shape index (κ1) is 60.1. The number of carbonyl (C=O) groups excluding carboxylic acids is 6. The summed E-state index contributed by atoms with van der Waals surface area (Å²) < 4.78 is 35.0. The SMILES string of the molecule is C.CN1C(=O)C23CC(C)(C#N)C(c4c(Br)ccc5c4OCO5)N2C(=O)C1(C)S3=S.CN1C(=O)C23CC(C)(C#N)C(c4c(Br)ccc5c4OCO5)N2C(=O)C1(C)S3=S=S.CN1C(=O)C23C[C@](C)(C#N)[C@H](c4cccc5c4OCO5)N2C(=O)C1(C)SS3. The van der Waals surface area contributed by atoms with Crippen LogP contribution in [0, 0.1) is 50.2 Å². The van der Waals surface area contributed by atoms with Crippen LogP contribution in [0.25, 0.3) is 0 Å². The molecule has 0 radical (unpaired) electrons. The molecule has 3 aromatic rings. The number of hydrogen-bond donors (Lipinski definition) is 0. The quantitative estimate of drug-likeness (QED) is 0.238. The third kappa shape index (κ3) is 6.93. The first-order chi connectivity index (χ1) is 39.6. The van der Waals surface area contributed by atoms with Crippen LogP contribution in [0.3, 0.4) is 0 Å². The van der Waals surface area contributed by atoms with Crippen molar-refractivity contribution < 1.29 is 57.2 Å². The average molecular weight is 1420 g/mol. The number of nitriles is 3. The molecule has 0 saturated carbocycles. The minimum absolute atomic E-state index is 0. The zero-order chi connectivity index (χ0) is 60.3. The second-order valence-electron chi connectivity index (χ2n) is 23.5. The molecule has 0 aliphatic carbocycles. The lowest BCUT2D eigenvalue weighted by Crippen LogP contribution is -2.73. The van der Waals surface area contributed by atoms with Gasteiger partial charge >= 0.3 is 0 Å². The summed E-state index contributed by atoms with van der Waals surface area (Å²) in [6.45, 7) is 10.9. The highest BCUT2D eigenvalue weighted by Gasteiger charge is 2.83. The van der Waals surface area contributed by atoms with Crippen molar-refractivity contribution in [3.8, 4) is 52.7 Å². The maximum atomic E-state index is 13.8. The monoisotopic (exact) mass is 1410 g/mol.